The number of carbonyl (C=O) groups excluding carboxylic acids is 2. The molecule has 21 heavy (non-hydrogen) atoms. The molecule has 0 radical (unpaired) electrons. The molecule has 0 aromatic carbocycles. The zero-order valence-electron chi connectivity index (χ0n) is 11.4. The number of piperidine rings is 1. The van der Waals surface area contributed by atoms with Gasteiger partial charge in [-0.25, -0.2) is 4.68 Å². The van der Waals surface area contributed by atoms with E-state index in [4.69, 9.17) is 10.8 Å². The highest BCUT2D eigenvalue weighted by Gasteiger charge is 2.26. The average Bonchev–Trinajstić information content (AvgIpc) is 2.85. The Morgan fingerprint density at radius 2 is 2.00 bits per heavy atom. The number of carbonyl (C=O) groups is 3. The molecule has 3 N–H and O–H groups in total. The first-order valence-electron chi connectivity index (χ1n) is 6.65. The third-order valence-electron chi connectivity index (χ3n) is 3.45. The minimum absolute atomic E-state index is 0.129. The molecule has 1 fully saturated rings. The molecule has 2 rings (SSSR count). The van der Waals surface area contributed by atoms with Gasteiger partial charge in [0.2, 0.25) is 5.91 Å². The fourth-order valence-corrected chi connectivity index (χ4v) is 2.40. The summed E-state index contributed by atoms with van der Waals surface area (Å²) in [4.78, 5) is 35.3. The van der Waals surface area contributed by atoms with Gasteiger partial charge in [-0.1, -0.05) is 5.21 Å². The second-order valence-electron chi connectivity index (χ2n) is 5.10. The monoisotopic (exact) mass is 295 g/mol. The molecule has 0 saturated carbocycles. The zero-order chi connectivity index (χ0) is 15.4. The van der Waals surface area contributed by atoms with Crippen LogP contribution in [0.2, 0.25) is 0 Å². The number of carboxylic acid groups (broad SMARTS) is 1. The number of hydrogen-bond acceptors (Lipinski definition) is 5. The first-order chi connectivity index (χ1) is 9.95. The minimum Gasteiger partial charge on any atom is -0.480 e. The van der Waals surface area contributed by atoms with Gasteiger partial charge >= 0.3 is 5.97 Å². The van der Waals surface area contributed by atoms with Crippen molar-refractivity contribution >= 4 is 17.8 Å². The lowest BCUT2D eigenvalue weighted by Gasteiger charge is -2.30. The normalized spacial score (nSPS) is 15.9. The van der Waals surface area contributed by atoms with E-state index in [1.54, 1.807) is 4.90 Å². The maximum Gasteiger partial charge on any atom is 0.325 e. The summed E-state index contributed by atoms with van der Waals surface area (Å²) in [6, 6.07) is 0. The minimum atomic E-state index is -1.05. The topological polar surface area (TPSA) is 131 Å². The predicted molar refractivity (Wildman–Crippen MR) is 70.1 cm³/mol. The lowest BCUT2D eigenvalue weighted by Crippen LogP contribution is -2.39. The summed E-state index contributed by atoms with van der Waals surface area (Å²) in [7, 11) is 0. The number of nitrogens with two attached hydrogens (primary N) is 1. The highest BCUT2D eigenvalue weighted by Crippen LogP contribution is 2.21. The summed E-state index contributed by atoms with van der Waals surface area (Å²) in [6.07, 6.45) is 3.11. The Hall–Kier alpha value is -2.45. The molecule has 2 amide bonds. The number of rotatable bonds is 5. The van der Waals surface area contributed by atoms with Crippen molar-refractivity contribution < 1.29 is 19.5 Å². The number of carboxylic acids is 1. The lowest BCUT2D eigenvalue weighted by molar-refractivity contribution is -0.138. The number of primary amides is 1. The van der Waals surface area contributed by atoms with Crippen molar-refractivity contribution in [1.29, 1.82) is 0 Å². The van der Waals surface area contributed by atoms with E-state index < -0.39 is 5.97 Å². The van der Waals surface area contributed by atoms with E-state index >= 15 is 0 Å². The van der Waals surface area contributed by atoms with Gasteiger partial charge < -0.3 is 15.7 Å². The predicted octanol–water partition coefficient (Wildman–Crippen LogP) is -0.910. The summed E-state index contributed by atoms with van der Waals surface area (Å²) < 4.78 is 1.11. The quantitative estimate of drug-likeness (QED) is 0.723. The van der Waals surface area contributed by atoms with E-state index in [-0.39, 0.29) is 30.0 Å². The lowest BCUT2D eigenvalue weighted by atomic mass is 9.93. The number of likely N-dealkylation sites (tertiary alicyclic amines) is 1. The third kappa shape index (κ3) is 4.01. The van der Waals surface area contributed by atoms with E-state index in [1.165, 1.54) is 6.20 Å². The molecule has 1 aliphatic heterocycles. The van der Waals surface area contributed by atoms with Crippen LogP contribution < -0.4 is 5.73 Å². The summed E-state index contributed by atoms with van der Waals surface area (Å²) in [6.45, 7) is 0.728. The molecule has 9 nitrogen and oxygen atoms in total. The molecule has 0 bridgehead atoms. The summed E-state index contributed by atoms with van der Waals surface area (Å²) in [5.41, 5.74) is 5.29. The van der Waals surface area contributed by atoms with E-state index in [9.17, 15) is 14.4 Å². The van der Waals surface area contributed by atoms with Crippen molar-refractivity contribution in [1.82, 2.24) is 19.9 Å². The van der Waals surface area contributed by atoms with Crippen LogP contribution >= 0.6 is 0 Å². The van der Waals surface area contributed by atoms with Gasteiger partial charge in [-0.2, -0.15) is 0 Å². The highest BCUT2D eigenvalue weighted by atomic mass is 16.4. The van der Waals surface area contributed by atoms with Crippen molar-refractivity contribution in [2.75, 3.05) is 13.1 Å². The molecular weight excluding hydrogens is 278 g/mol. The van der Waals surface area contributed by atoms with Crippen LogP contribution in [0.15, 0.2) is 6.20 Å². The Morgan fingerprint density at radius 1 is 1.33 bits per heavy atom. The van der Waals surface area contributed by atoms with Gasteiger partial charge in [-0.15, -0.1) is 5.10 Å². The first-order valence-corrected chi connectivity index (χ1v) is 6.65. The molecule has 1 aliphatic rings. The molecule has 0 unspecified atom stereocenters. The highest BCUT2D eigenvalue weighted by molar-refractivity contribution is 5.92. The van der Waals surface area contributed by atoms with Crippen LogP contribution in [-0.4, -0.2) is 55.9 Å². The number of nitrogens with zero attached hydrogens (tertiary/aromatic N) is 4. The van der Waals surface area contributed by atoms with Crippen molar-refractivity contribution in [3.05, 3.63) is 11.9 Å². The molecule has 9 heteroatoms. The molecule has 114 valence electrons. The van der Waals surface area contributed by atoms with Gasteiger partial charge in [0.25, 0.3) is 5.91 Å². The van der Waals surface area contributed by atoms with Crippen molar-refractivity contribution in [2.45, 2.75) is 25.8 Å². The van der Waals surface area contributed by atoms with Crippen LogP contribution in [0.4, 0.5) is 0 Å². The van der Waals surface area contributed by atoms with Gasteiger partial charge in [0.1, 0.15) is 6.54 Å². The summed E-state index contributed by atoms with van der Waals surface area (Å²) in [5, 5.41) is 15.9. The average molecular weight is 295 g/mol. The second-order valence-corrected chi connectivity index (χ2v) is 5.10. The van der Waals surface area contributed by atoms with Crippen molar-refractivity contribution in [3.8, 4) is 0 Å². The van der Waals surface area contributed by atoms with Crippen LogP contribution in [0, 0.1) is 5.92 Å². The van der Waals surface area contributed by atoms with Crippen LogP contribution in [0.3, 0.4) is 0 Å². The standard InChI is InChI=1S/C12H17N5O4/c13-10(18)5-8-1-3-16(4-2-8)12(21)9-6-17(15-14-9)7-11(19)20/h6,8H,1-5,7H2,(H2,13,18)(H,19,20). The molecule has 0 spiro atoms. The molecule has 2 heterocycles. The number of aromatic nitrogens is 3. The van der Waals surface area contributed by atoms with Gasteiger partial charge in [-0.3, -0.25) is 14.4 Å². The Balaban J connectivity index is 1.91. The summed E-state index contributed by atoms with van der Waals surface area (Å²) >= 11 is 0. The fourth-order valence-electron chi connectivity index (χ4n) is 2.40. The smallest absolute Gasteiger partial charge is 0.325 e. The van der Waals surface area contributed by atoms with Gasteiger partial charge in [-0.05, 0) is 18.8 Å². The second kappa shape index (κ2) is 6.33. The van der Waals surface area contributed by atoms with Gasteiger partial charge in [0, 0.05) is 19.5 Å². The van der Waals surface area contributed by atoms with Crippen LogP contribution in [0.5, 0.6) is 0 Å². The molecule has 1 aromatic rings. The van der Waals surface area contributed by atoms with E-state index in [0.29, 0.717) is 19.5 Å². The maximum atomic E-state index is 12.2. The summed E-state index contributed by atoms with van der Waals surface area (Å²) in [5.74, 6) is -1.43. The Kier molecular flexibility index (Phi) is 4.51. The molecule has 1 saturated heterocycles. The molecular formula is C12H17N5O4. The molecule has 1 aromatic heterocycles. The van der Waals surface area contributed by atoms with Crippen molar-refractivity contribution in [2.24, 2.45) is 11.7 Å². The van der Waals surface area contributed by atoms with Crippen LogP contribution in [0.25, 0.3) is 0 Å². The zero-order valence-corrected chi connectivity index (χ0v) is 11.4. The van der Waals surface area contributed by atoms with Crippen molar-refractivity contribution in [3.63, 3.8) is 0 Å². The van der Waals surface area contributed by atoms with E-state index in [0.717, 1.165) is 17.5 Å². The molecule has 0 aliphatic carbocycles. The van der Waals surface area contributed by atoms with E-state index in [1.807, 2.05) is 0 Å². The Labute approximate surface area is 120 Å². The largest absolute Gasteiger partial charge is 0.480 e. The number of aliphatic carboxylic acids is 1. The third-order valence-corrected chi connectivity index (χ3v) is 3.45. The van der Waals surface area contributed by atoms with Gasteiger partial charge in [0.05, 0.1) is 6.20 Å². The van der Waals surface area contributed by atoms with E-state index in [2.05, 4.69) is 10.3 Å². The van der Waals surface area contributed by atoms with Gasteiger partial charge in [0.15, 0.2) is 5.69 Å². The SMILES string of the molecule is NC(=O)CC1CCN(C(=O)c2cn(CC(=O)O)nn2)CC1. The van der Waals surface area contributed by atoms with Crippen LogP contribution in [-0.2, 0) is 16.1 Å². The number of hydrogen-bond donors (Lipinski definition) is 2. The Bertz CT molecular complexity index is 548. The first kappa shape index (κ1) is 14.9. The Morgan fingerprint density at radius 3 is 2.57 bits per heavy atom. The van der Waals surface area contributed by atoms with Crippen LogP contribution in [0.1, 0.15) is 29.8 Å². The maximum absolute atomic E-state index is 12.2. The fraction of sp³-hybridized carbons (Fsp3) is 0.583. The number of amides is 2. The molecule has 0 atom stereocenters.